The number of rotatable bonds is 3. The molecule has 0 amide bonds. The summed E-state index contributed by atoms with van der Waals surface area (Å²) < 4.78 is 41.7. The van der Waals surface area contributed by atoms with E-state index in [1.807, 2.05) is 0 Å². The summed E-state index contributed by atoms with van der Waals surface area (Å²) in [5, 5.41) is 0.919. The molecule has 8 heteroatoms. The minimum absolute atomic E-state index is 0.0930. The van der Waals surface area contributed by atoms with E-state index in [1.165, 1.54) is 18.5 Å². The molecule has 0 aliphatic heterocycles. The number of nitrogens with zero attached hydrogens (tertiary/aromatic N) is 4. The zero-order valence-corrected chi connectivity index (χ0v) is 12.8. The molecule has 2 aromatic carbocycles. The fourth-order valence-corrected chi connectivity index (χ4v) is 3.45. The summed E-state index contributed by atoms with van der Waals surface area (Å²) in [5.41, 5.74) is 0.944. The molecule has 0 spiro atoms. The van der Waals surface area contributed by atoms with Crippen LogP contribution in [0.25, 0.3) is 21.9 Å². The molecule has 0 radical (unpaired) electrons. The van der Waals surface area contributed by atoms with Crippen molar-refractivity contribution in [1.82, 2.24) is 19.5 Å². The zero-order valence-electron chi connectivity index (χ0n) is 12.0. The molecule has 0 saturated heterocycles. The van der Waals surface area contributed by atoms with E-state index in [9.17, 15) is 13.2 Å². The third kappa shape index (κ3) is 2.39. The number of hydrogen-bond donors (Lipinski definition) is 0. The van der Waals surface area contributed by atoms with Crippen LogP contribution in [-0.4, -0.2) is 19.5 Å². The Kier molecular flexibility index (Phi) is 3.61. The van der Waals surface area contributed by atoms with Gasteiger partial charge in [-0.3, -0.25) is 4.57 Å². The van der Waals surface area contributed by atoms with E-state index in [-0.39, 0.29) is 10.7 Å². The summed E-state index contributed by atoms with van der Waals surface area (Å²) >= 11 is 0.961. The topological polar surface area (TPSA) is 43.6 Å². The van der Waals surface area contributed by atoms with Crippen LogP contribution >= 0.6 is 11.8 Å². The average molecular weight is 346 g/mol. The SMILES string of the molecule is Fc1cccc2c(Sc3nc4ccccc4n3C(F)F)ncnc12. The van der Waals surface area contributed by atoms with Gasteiger partial charge in [0, 0.05) is 5.39 Å². The molecule has 2 aromatic heterocycles. The third-order valence-corrected chi connectivity index (χ3v) is 4.51. The second-order valence-corrected chi connectivity index (χ2v) is 5.90. The number of halogens is 3. The van der Waals surface area contributed by atoms with Gasteiger partial charge in [-0.15, -0.1) is 0 Å². The van der Waals surface area contributed by atoms with Gasteiger partial charge in [-0.2, -0.15) is 8.78 Å². The first kappa shape index (κ1) is 14.9. The highest BCUT2D eigenvalue weighted by molar-refractivity contribution is 7.99. The van der Waals surface area contributed by atoms with Crippen LogP contribution in [0.2, 0.25) is 0 Å². The largest absolute Gasteiger partial charge is 0.321 e. The van der Waals surface area contributed by atoms with E-state index < -0.39 is 12.4 Å². The Labute approximate surface area is 138 Å². The molecule has 120 valence electrons. The first-order valence-corrected chi connectivity index (χ1v) is 7.79. The summed E-state index contributed by atoms with van der Waals surface area (Å²) in [5.74, 6) is -0.487. The maximum absolute atomic E-state index is 13.8. The van der Waals surface area contributed by atoms with E-state index in [0.29, 0.717) is 21.4 Å². The molecule has 0 aliphatic rings. The number of aromatic nitrogens is 4. The Bertz CT molecular complexity index is 1050. The van der Waals surface area contributed by atoms with Crippen LogP contribution in [0.15, 0.2) is 59.0 Å². The lowest BCUT2D eigenvalue weighted by Gasteiger charge is -2.08. The van der Waals surface area contributed by atoms with Crippen molar-refractivity contribution in [3.05, 3.63) is 54.6 Å². The van der Waals surface area contributed by atoms with Gasteiger partial charge in [0.25, 0.3) is 0 Å². The number of para-hydroxylation sites is 3. The highest BCUT2D eigenvalue weighted by Crippen LogP contribution is 2.35. The summed E-state index contributed by atoms with van der Waals surface area (Å²) in [6.07, 6.45) is 1.21. The van der Waals surface area contributed by atoms with Gasteiger partial charge >= 0.3 is 6.55 Å². The fraction of sp³-hybridized carbons (Fsp3) is 0.0625. The highest BCUT2D eigenvalue weighted by Gasteiger charge is 2.20. The van der Waals surface area contributed by atoms with Crippen molar-refractivity contribution in [2.75, 3.05) is 0 Å². The fourth-order valence-electron chi connectivity index (χ4n) is 2.48. The Morgan fingerprint density at radius 2 is 1.83 bits per heavy atom. The lowest BCUT2D eigenvalue weighted by atomic mass is 10.2. The van der Waals surface area contributed by atoms with Crippen LogP contribution in [0.3, 0.4) is 0 Å². The maximum Gasteiger partial charge on any atom is 0.321 e. The summed E-state index contributed by atoms with van der Waals surface area (Å²) in [6, 6.07) is 11.1. The molecule has 2 heterocycles. The van der Waals surface area contributed by atoms with Gasteiger partial charge < -0.3 is 0 Å². The van der Waals surface area contributed by atoms with Crippen molar-refractivity contribution in [2.24, 2.45) is 0 Å². The first-order valence-electron chi connectivity index (χ1n) is 6.97. The standard InChI is InChI=1S/C16H9F3N4S/c17-10-5-3-4-9-13(10)20-8-21-14(9)24-16-22-11-6-1-2-7-12(11)23(16)15(18)19/h1-8,15H. The van der Waals surface area contributed by atoms with Gasteiger partial charge in [-0.05, 0) is 36.0 Å². The van der Waals surface area contributed by atoms with E-state index in [2.05, 4.69) is 15.0 Å². The van der Waals surface area contributed by atoms with Crippen molar-refractivity contribution in [1.29, 1.82) is 0 Å². The Hall–Kier alpha value is -2.61. The van der Waals surface area contributed by atoms with Crippen LogP contribution in [-0.2, 0) is 0 Å². The van der Waals surface area contributed by atoms with Crippen LogP contribution in [0.5, 0.6) is 0 Å². The van der Waals surface area contributed by atoms with Crippen molar-refractivity contribution in [2.45, 2.75) is 16.7 Å². The quantitative estimate of drug-likeness (QED) is 0.506. The third-order valence-electron chi connectivity index (χ3n) is 3.53. The highest BCUT2D eigenvalue weighted by atomic mass is 32.2. The van der Waals surface area contributed by atoms with E-state index in [0.717, 1.165) is 16.3 Å². The minimum atomic E-state index is -2.75. The Morgan fingerprint density at radius 3 is 2.67 bits per heavy atom. The molecule has 0 atom stereocenters. The predicted octanol–water partition coefficient (Wildman–Crippen LogP) is 4.66. The molecular weight excluding hydrogens is 337 g/mol. The molecule has 0 aliphatic carbocycles. The molecule has 24 heavy (non-hydrogen) atoms. The molecule has 0 N–H and O–H groups in total. The lowest BCUT2D eigenvalue weighted by Crippen LogP contribution is -2.00. The number of hydrogen-bond acceptors (Lipinski definition) is 4. The van der Waals surface area contributed by atoms with Crippen LogP contribution in [0, 0.1) is 5.82 Å². The smallest absolute Gasteiger partial charge is 0.261 e. The monoisotopic (exact) mass is 346 g/mol. The van der Waals surface area contributed by atoms with Crippen molar-refractivity contribution < 1.29 is 13.2 Å². The molecular formula is C16H9F3N4S. The van der Waals surface area contributed by atoms with Gasteiger partial charge in [-0.25, -0.2) is 19.3 Å². The van der Waals surface area contributed by atoms with Gasteiger partial charge in [0.15, 0.2) is 5.16 Å². The van der Waals surface area contributed by atoms with Gasteiger partial charge in [-0.1, -0.05) is 18.2 Å². The van der Waals surface area contributed by atoms with E-state index >= 15 is 0 Å². The van der Waals surface area contributed by atoms with Crippen LogP contribution in [0.1, 0.15) is 6.55 Å². The summed E-state index contributed by atoms with van der Waals surface area (Å²) in [4.78, 5) is 12.3. The first-order chi connectivity index (χ1) is 11.6. The van der Waals surface area contributed by atoms with E-state index in [4.69, 9.17) is 0 Å². The van der Waals surface area contributed by atoms with Crippen molar-refractivity contribution >= 4 is 33.7 Å². The number of alkyl halides is 2. The van der Waals surface area contributed by atoms with Gasteiger partial charge in [0.1, 0.15) is 22.7 Å². The predicted molar refractivity (Wildman–Crippen MR) is 84.6 cm³/mol. The van der Waals surface area contributed by atoms with Crippen LogP contribution in [0.4, 0.5) is 13.2 Å². The Balaban J connectivity index is 1.89. The second-order valence-electron chi connectivity index (χ2n) is 4.95. The van der Waals surface area contributed by atoms with Crippen molar-refractivity contribution in [3.8, 4) is 0 Å². The average Bonchev–Trinajstić information content (AvgIpc) is 2.94. The molecule has 4 aromatic rings. The lowest BCUT2D eigenvalue weighted by molar-refractivity contribution is 0.0656. The number of fused-ring (bicyclic) bond motifs is 2. The molecule has 0 saturated carbocycles. The minimum Gasteiger partial charge on any atom is -0.261 e. The summed E-state index contributed by atoms with van der Waals surface area (Å²) in [6.45, 7) is -2.75. The second kappa shape index (κ2) is 5.79. The van der Waals surface area contributed by atoms with E-state index in [1.54, 1.807) is 30.3 Å². The normalized spacial score (nSPS) is 11.7. The zero-order chi connectivity index (χ0) is 16.7. The summed E-state index contributed by atoms with van der Waals surface area (Å²) in [7, 11) is 0. The number of benzene rings is 2. The van der Waals surface area contributed by atoms with Crippen molar-refractivity contribution in [3.63, 3.8) is 0 Å². The van der Waals surface area contributed by atoms with Crippen LogP contribution < -0.4 is 0 Å². The Morgan fingerprint density at radius 1 is 1.00 bits per heavy atom. The molecule has 4 rings (SSSR count). The molecule has 0 bridgehead atoms. The molecule has 4 nitrogen and oxygen atoms in total. The van der Waals surface area contributed by atoms with Gasteiger partial charge in [0.2, 0.25) is 0 Å². The molecule has 0 fully saturated rings. The maximum atomic E-state index is 13.8. The number of imidazole rings is 1. The van der Waals surface area contributed by atoms with Gasteiger partial charge in [0.05, 0.1) is 11.0 Å². The molecule has 0 unspecified atom stereocenters.